The van der Waals surface area contributed by atoms with Crippen LogP contribution in [0.4, 0.5) is 10.1 Å². The quantitative estimate of drug-likeness (QED) is 0.916. The van der Waals surface area contributed by atoms with E-state index >= 15 is 0 Å². The zero-order chi connectivity index (χ0) is 17.7. The van der Waals surface area contributed by atoms with Crippen molar-refractivity contribution in [2.24, 2.45) is 0 Å². The van der Waals surface area contributed by atoms with Gasteiger partial charge in [-0.15, -0.1) is 0 Å². The number of hydrogen-bond acceptors (Lipinski definition) is 2. The summed E-state index contributed by atoms with van der Waals surface area (Å²) < 4.78 is 12.9. The van der Waals surface area contributed by atoms with E-state index in [1.807, 2.05) is 32.0 Å². The van der Waals surface area contributed by atoms with E-state index in [-0.39, 0.29) is 17.6 Å². The second-order valence-electron chi connectivity index (χ2n) is 5.67. The minimum atomic E-state index is -0.385. The van der Waals surface area contributed by atoms with E-state index < -0.39 is 0 Å². The molecular weight excluding hydrogens is 307 g/mol. The molecule has 24 heavy (non-hydrogen) atoms. The monoisotopic (exact) mass is 328 g/mol. The highest BCUT2D eigenvalue weighted by Crippen LogP contribution is 2.24. The van der Waals surface area contributed by atoms with Gasteiger partial charge in [0.2, 0.25) is 5.91 Å². The van der Waals surface area contributed by atoms with Crippen LogP contribution >= 0.6 is 0 Å². The largest absolute Gasteiger partial charge is 0.350 e. The highest BCUT2D eigenvalue weighted by molar-refractivity contribution is 5.95. The van der Waals surface area contributed by atoms with Gasteiger partial charge in [-0.05, 0) is 49.2 Å². The van der Waals surface area contributed by atoms with Crippen molar-refractivity contribution >= 4 is 17.5 Å². The van der Waals surface area contributed by atoms with E-state index in [2.05, 4.69) is 5.32 Å². The van der Waals surface area contributed by atoms with Crippen LogP contribution in [0.5, 0.6) is 0 Å². The number of nitrogens with one attached hydrogen (secondary N) is 1. The average Bonchev–Trinajstić information content (AvgIpc) is 2.53. The van der Waals surface area contributed by atoms with Crippen molar-refractivity contribution in [3.63, 3.8) is 0 Å². The molecule has 0 fully saturated rings. The predicted octanol–water partition coefficient (Wildman–Crippen LogP) is 3.23. The smallest absolute Gasteiger partial charge is 0.251 e. The third-order valence-electron chi connectivity index (χ3n) is 3.82. The van der Waals surface area contributed by atoms with E-state index in [4.69, 9.17) is 0 Å². The van der Waals surface area contributed by atoms with E-state index in [1.165, 1.54) is 31.2 Å². The first-order valence-corrected chi connectivity index (χ1v) is 7.78. The Labute approximate surface area is 141 Å². The Morgan fingerprint density at radius 2 is 1.62 bits per heavy atom. The third kappa shape index (κ3) is 4.19. The van der Waals surface area contributed by atoms with E-state index in [1.54, 1.807) is 4.90 Å². The van der Waals surface area contributed by atoms with Crippen molar-refractivity contribution in [3.8, 4) is 0 Å². The van der Waals surface area contributed by atoms with Crippen LogP contribution in [0.15, 0.2) is 42.5 Å². The molecule has 1 N–H and O–H groups in total. The molecule has 2 aromatic rings. The number of hydrogen-bond donors (Lipinski definition) is 1. The van der Waals surface area contributed by atoms with Crippen LogP contribution in [-0.4, -0.2) is 24.9 Å². The molecule has 0 heterocycles. The lowest BCUT2D eigenvalue weighted by molar-refractivity contribution is -0.116. The van der Waals surface area contributed by atoms with Gasteiger partial charge in [-0.1, -0.05) is 18.2 Å². The van der Waals surface area contributed by atoms with Gasteiger partial charge in [0, 0.05) is 31.3 Å². The second-order valence-corrected chi connectivity index (χ2v) is 5.67. The lowest BCUT2D eigenvalue weighted by Crippen LogP contribution is -2.38. The number of rotatable bonds is 5. The fraction of sp³-hybridized carbons (Fsp3) is 0.263. The number of anilines is 1. The number of amides is 2. The normalized spacial score (nSPS) is 10.3. The Morgan fingerprint density at radius 1 is 1.04 bits per heavy atom. The van der Waals surface area contributed by atoms with E-state index in [9.17, 15) is 14.0 Å². The SMILES string of the molecule is CC(=O)N(CCNC(=O)c1ccc(F)cc1)c1c(C)cccc1C. The lowest BCUT2D eigenvalue weighted by Gasteiger charge is -2.25. The zero-order valence-corrected chi connectivity index (χ0v) is 14.1. The van der Waals surface area contributed by atoms with Gasteiger partial charge in [-0.25, -0.2) is 4.39 Å². The van der Waals surface area contributed by atoms with Crippen molar-refractivity contribution in [3.05, 3.63) is 65.0 Å². The summed E-state index contributed by atoms with van der Waals surface area (Å²) in [5.74, 6) is -0.757. The molecule has 4 nitrogen and oxygen atoms in total. The van der Waals surface area contributed by atoms with E-state index in [0.717, 1.165) is 16.8 Å². The van der Waals surface area contributed by atoms with Crippen molar-refractivity contribution in [2.45, 2.75) is 20.8 Å². The first kappa shape index (κ1) is 17.7. The molecule has 0 unspecified atom stereocenters. The van der Waals surface area contributed by atoms with Gasteiger partial charge in [-0.3, -0.25) is 9.59 Å². The number of carbonyl (C=O) groups excluding carboxylic acids is 2. The number of halogens is 1. The van der Waals surface area contributed by atoms with Gasteiger partial charge < -0.3 is 10.2 Å². The van der Waals surface area contributed by atoms with Crippen LogP contribution in [0.3, 0.4) is 0 Å². The number of carbonyl (C=O) groups is 2. The summed E-state index contributed by atoms with van der Waals surface area (Å²) in [6, 6.07) is 11.2. The number of nitrogens with zero attached hydrogens (tertiary/aromatic N) is 1. The fourth-order valence-electron chi connectivity index (χ4n) is 2.64. The Bertz CT molecular complexity index is 721. The topological polar surface area (TPSA) is 49.4 Å². The molecule has 0 aliphatic rings. The number of aryl methyl sites for hydroxylation is 2. The molecular formula is C19H21FN2O2. The molecule has 0 aliphatic heterocycles. The van der Waals surface area contributed by atoms with Crippen molar-refractivity contribution in [1.82, 2.24) is 5.32 Å². The Balaban J connectivity index is 2.03. The van der Waals surface area contributed by atoms with Crippen molar-refractivity contribution in [2.75, 3.05) is 18.0 Å². The maximum atomic E-state index is 12.9. The van der Waals surface area contributed by atoms with Crippen LogP contribution in [-0.2, 0) is 4.79 Å². The standard InChI is InChI=1S/C19H21FN2O2/c1-13-5-4-6-14(2)18(13)22(15(3)23)12-11-21-19(24)16-7-9-17(20)10-8-16/h4-10H,11-12H2,1-3H3,(H,21,24). The van der Waals surface area contributed by atoms with Crippen molar-refractivity contribution in [1.29, 1.82) is 0 Å². The molecule has 2 amide bonds. The zero-order valence-electron chi connectivity index (χ0n) is 14.1. The summed E-state index contributed by atoms with van der Waals surface area (Å²) in [7, 11) is 0. The Kier molecular flexibility index (Phi) is 5.68. The lowest BCUT2D eigenvalue weighted by atomic mass is 10.1. The first-order valence-electron chi connectivity index (χ1n) is 7.78. The third-order valence-corrected chi connectivity index (χ3v) is 3.82. The summed E-state index contributed by atoms with van der Waals surface area (Å²) in [5, 5.41) is 2.76. The highest BCUT2D eigenvalue weighted by atomic mass is 19.1. The highest BCUT2D eigenvalue weighted by Gasteiger charge is 2.16. The molecule has 0 aliphatic carbocycles. The van der Waals surface area contributed by atoms with Crippen LogP contribution in [0.2, 0.25) is 0 Å². The summed E-state index contributed by atoms with van der Waals surface area (Å²) in [6.45, 7) is 6.09. The maximum absolute atomic E-state index is 12.9. The molecule has 2 rings (SSSR count). The molecule has 0 saturated heterocycles. The molecule has 0 bridgehead atoms. The number of benzene rings is 2. The molecule has 0 saturated carbocycles. The molecule has 2 aromatic carbocycles. The fourth-order valence-corrected chi connectivity index (χ4v) is 2.64. The van der Waals surface area contributed by atoms with Crippen LogP contribution < -0.4 is 10.2 Å². The van der Waals surface area contributed by atoms with Gasteiger partial charge >= 0.3 is 0 Å². The predicted molar refractivity (Wildman–Crippen MR) is 92.7 cm³/mol. The number of para-hydroxylation sites is 1. The molecule has 0 radical (unpaired) electrons. The van der Waals surface area contributed by atoms with Crippen LogP contribution in [0.25, 0.3) is 0 Å². The Hall–Kier alpha value is -2.69. The van der Waals surface area contributed by atoms with Gasteiger partial charge in [0.15, 0.2) is 0 Å². The minimum absolute atomic E-state index is 0.0802. The second kappa shape index (κ2) is 7.73. The summed E-state index contributed by atoms with van der Waals surface area (Å²) in [5.41, 5.74) is 3.28. The van der Waals surface area contributed by atoms with Crippen LogP contribution in [0.1, 0.15) is 28.4 Å². The van der Waals surface area contributed by atoms with Crippen molar-refractivity contribution < 1.29 is 14.0 Å². The summed E-state index contributed by atoms with van der Waals surface area (Å²) in [6.07, 6.45) is 0. The summed E-state index contributed by atoms with van der Waals surface area (Å²) in [4.78, 5) is 25.7. The summed E-state index contributed by atoms with van der Waals surface area (Å²) >= 11 is 0. The van der Waals surface area contributed by atoms with Gasteiger partial charge in [0.05, 0.1) is 0 Å². The molecule has 126 valence electrons. The van der Waals surface area contributed by atoms with Gasteiger partial charge in [-0.2, -0.15) is 0 Å². The van der Waals surface area contributed by atoms with Gasteiger partial charge in [0.1, 0.15) is 5.82 Å². The Morgan fingerprint density at radius 3 is 2.17 bits per heavy atom. The first-order chi connectivity index (χ1) is 11.4. The molecule has 5 heteroatoms. The average molecular weight is 328 g/mol. The molecule has 0 aromatic heterocycles. The van der Waals surface area contributed by atoms with Crippen LogP contribution in [0, 0.1) is 19.7 Å². The molecule has 0 atom stereocenters. The minimum Gasteiger partial charge on any atom is -0.350 e. The molecule has 0 spiro atoms. The van der Waals surface area contributed by atoms with Gasteiger partial charge in [0.25, 0.3) is 5.91 Å². The van der Waals surface area contributed by atoms with E-state index in [0.29, 0.717) is 18.7 Å². The maximum Gasteiger partial charge on any atom is 0.251 e.